The van der Waals surface area contributed by atoms with Crippen LogP contribution in [-0.2, 0) is 60.6 Å². The van der Waals surface area contributed by atoms with E-state index in [-0.39, 0.29) is 58.2 Å². The van der Waals surface area contributed by atoms with Gasteiger partial charge in [-0.25, -0.2) is 9.59 Å². The molecule has 0 radical (unpaired) electrons. The summed E-state index contributed by atoms with van der Waals surface area (Å²) in [5, 5.41) is 29.0. The molecular weight excluding hydrogens is 1230 g/mol. The van der Waals surface area contributed by atoms with E-state index in [1.165, 1.54) is 38.7 Å². The first kappa shape index (κ1) is 68.1. The first-order chi connectivity index (χ1) is 47.0. The lowest BCUT2D eigenvalue weighted by Crippen LogP contribution is -2.64. The van der Waals surface area contributed by atoms with Crippen molar-refractivity contribution in [3.8, 4) is 23.0 Å². The Morgan fingerprint density at radius 3 is 1.79 bits per heavy atom. The van der Waals surface area contributed by atoms with Crippen LogP contribution in [0.15, 0.2) is 114 Å². The molecule has 97 heavy (non-hydrogen) atoms. The first-order valence-corrected chi connectivity index (χ1v) is 35.1. The molecule has 22 nitrogen and oxygen atoms in total. The Bertz CT molecular complexity index is 3780. The molecule has 4 aliphatic carbocycles. The zero-order valence-corrected chi connectivity index (χ0v) is 57.7. The molecule has 2 spiro atoms. The lowest BCUT2D eigenvalue weighted by Gasteiger charge is -2.56. The first-order valence-electron chi connectivity index (χ1n) is 35.1. The molecular formula is C75H97N9O13. The minimum absolute atomic E-state index is 0.0806. The fraction of sp³-hybridized carbons (Fsp3) is 0.573. The number of tetrazole rings is 1. The Morgan fingerprint density at radius 2 is 1.25 bits per heavy atom. The fourth-order valence-electron chi connectivity index (χ4n) is 18.8. The van der Waals surface area contributed by atoms with Crippen molar-refractivity contribution < 1.29 is 57.8 Å². The normalized spacial score (nSPS) is 30.8. The minimum Gasteiger partial charge on any atom is -0.493 e. The Kier molecular flexibility index (Phi) is 19.7. The van der Waals surface area contributed by atoms with Gasteiger partial charge in [-0.3, -0.25) is 14.5 Å². The van der Waals surface area contributed by atoms with Crippen molar-refractivity contribution in [3.63, 3.8) is 0 Å². The van der Waals surface area contributed by atoms with Crippen molar-refractivity contribution >= 4 is 23.5 Å². The van der Waals surface area contributed by atoms with Gasteiger partial charge in [0.15, 0.2) is 23.0 Å². The molecule has 5 fully saturated rings. The Labute approximate surface area is 569 Å². The number of piperidine rings is 4. The maximum atomic E-state index is 13.0. The van der Waals surface area contributed by atoms with Crippen molar-refractivity contribution in [1.82, 2.24) is 39.4 Å². The van der Waals surface area contributed by atoms with Gasteiger partial charge in [0.25, 0.3) is 0 Å². The summed E-state index contributed by atoms with van der Waals surface area (Å²) in [6.07, 6.45) is 15.4. The topological polar surface area (TPSA) is 225 Å². The summed E-state index contributed by atoms with van der Waals surface area (Å²) in [6.45, 7) is 12.4. The summed E-state index contributed by atoms with van der Waals surface area (Å²) < 4.78 is 43.0. The number of aliphatic hydroxyl groups excluding tert-OH is 2. The highest BCUT2D eigenvalue weighted by Gasteiger charge is 2.66. The molecule has 5 aromatic rings. The van der Waals surface area contributed by atoms with E-state index < -0.39 is 24.2 Å². The van der Waals surface area contributed by atoms with Gasteiger partial charge in [0, 0.05) is 110 Å². The van der Waals surface area contributed by atoms with E-state index in [1.54, 1.807) is 38.5 Å². The van der Waals surface area contributed by atoms with E-state index in [0.29, 0.717) is 74.7 Å². The predicted octanol–water partition coefficient (Wildman–Crippen LogP) is 6.64. The number of carbonyl (C=O) groups is 3. The highest BCUT2D eigenvalue weighted by molar-refractivity contribution is 5.95. The number of hydrogen-bond donors (Lipinski definition) is 2. The largest absolute Gasteiger partial charge is 0.493 e. The van der Waals surface area contributed by atoms with Gasteiger partial charge in [0.1, 0.15) is 36.4 Å². The van der Waals surface area contributed by atoms with Crippen LogP contribution in [0.1, 0.15) is 105 Å². The van der Waals surface area contributed by atoms with E-state index in [1.807, 2.05) is 93.4 Å². The molecule has 8 heterocycles. The molecule has 2 N–H and O–H groups in total. The monoisotopic (exact) mass is 1330 g/mol. The number of aliphatic hydroxyl groups is 2. The number of methoxy groups -OCH3 is 3. The van der Waals surface area contributed by atoms with Crippen LogP contribution in [0, 0.1) is 17.8 Å². The number of nitrogens with zero attached hydrogens (tertiary/aromatic N) is 9. The number of esters is 2. The summed E-state index contributed by atoms with van der Waals surface area (Å²) in [7, 11) is 11.2. The molecule has 7 aliphatic heterocycles. The van der Waals surface area contributed by atoms with Crippen LogP contribution in [0.25, 0.3) is 0 Å². The van der Waals surface area contributed by atoms with Crippen LogP contribution in [0.5, 0.6) is 23.0 Å². The molecule has 11 aliphatic rings. The molecule has 22 heteroatoms. The van der Waals surface area contributed by atoms with Gasteiger partial charge >= 0.3 is 17.6 Å². The maximum Gasteiger partial charge on any atom is 0.363 e. The van der Waals surface area contributed by atoms with Crippen LogP contribution in [0.3, 0.4) is 0 Å². The lowest BCUT2D eigenvalue weighted by atomic mass is 9.53. The second kappa shape index (κ2) is 28.1. The van der Waals surface area contributed by atoms with Crippen molar-refractivity contribution in [2.24, 2.45) is 17.8 Å². The van der Waals surface area contributed by atoms with Gasteiger partial charge in [-0.15, -0.1) is 0 Å². The standard InChI is InChI=1S/C21H32N6O3.C19H23NO3.C18H21NO3.C17H21NO4/c1-4-19(28)27(18-9-7-6-8-10-18)21(17-30-3)11-13-24(14-12-21)15-16-26-20(29)25(5-2)22-23-26;1-3-22-15-7-4-11-10-13-12-5-6-14(21)18-19(12,8-9-20(13)2)16(11)17(15)23-18;1-19-8-7-18-11-4-5-13(20)17(18)22-16-14(21-2)6-3-10(15(16)18)9-12(11)19;1-18-12-8-9-13(18)15(17(20)21-2)14(10-12)22-16(19)11-6-4-3-5-7-11/h6-10H,4-5,11-17H2,1-3H3;4-7,12-14,18,21H,3,8-10H2,1-2H3;3-6,11-13,17,20H,7-9H2,1-2H3;3-7,12-15H,8-10H2,1-2H3/t;12-,13+,14-,18-,19-;11-,12+,13-,17-,18-;12-,13+,14-,15+/m.000/s1. The van der Waals surface area contributed by atoms with Crippen molar-refractivity contribution in [3.05, 3.63) is 148 Å². The third-order valence-corrected chi connectivity index (χ3v) is 23.6. The van der Waals surface area contributed by atoms with E-state index >= 15 is 0 Å². The SMILES string of the molecule is CCC(=O)N(c1ccccc1)C1(COC)CCN(CCn2nnn(CC)c2=O)CC1.CCOc1ccc2c3c1O[C@H]1[C@@H](O)C=C[C@H]4[C@@H](C2)N(C)CC[C@@]341.COC(=O)[C@H]1[C@@H](OC(=O)c2ccccc2)C[C@@H]2CC[C@H]1N2C.COc1ccc2c3c1O[C@H]1[C@@H](O)C=C[C@H]4[C@@H](C2)N(C)CC[C@@]341. The zero-order valence-electron chi connectivity index (χ0n) is 57.7. The second-order valence-corrected chi connectivity index (χ2v) is 28.2. The van der Waals surface area contributed by atoms with Gasteiger partial charge in [0.2, 0.25) is 5.91 Å². The van der Waals surface area contributed by atoms with Gasteiger partial charge in [-0.1, -0.05) is 79.8 Å². The van der Waals surface area contributed by atoms with Crippen LogP contribution in [-0.4, -0.2) is 216 Å². The number of likely N-dealkylation sites (tertiary alicyclic amines) is 3. The van der Waals surface area contributed by atoms with Crippen LogP contribution < -0.4 is 29.5 Å². The van der Waals surface area contributed by atoms with Crippen LogP contribution in [0.4, 0.5) is 5.69 Å². The van der Waals surface area contributed by atoms with Gasteiger partial charge in [-0.2, -0.15) is 9.36 Å². The molecule has 520 valence electrons. The van der Waals surface area contributed by atoms with Crippen LogP contribution >= 0.6 is 0 Å². The number of ether oxygens (including phenoxy) is 7. The number of amides is 1. The van der Waals surface area contributed by atoms with Crippen molar-refractivity contribution in [2.45, 2.75) is 169 Å². The minimum atomic E-state index is -0.539. The number of para-hydroxylation sites is 1. The summed E-state index contributed by atoms with van der Waals surface area (Å²) in [5.74, 6) is 3.28. The van der Waals surface area contributed by atoms with E-state index in [9.17, 15) is 29.4 Å². The number of likely N-dealkylation sites (N-methyl/N-ethyl adjacent to an activating group) is 2. The quantitative estimate of drug-likeness (QED) is 0.0827. The number of aromatic nitrogens is 4. The number of fused-ring (bicyclic) bond motifs is 2. The molecule has 4 aromatic carbocycles. The number of rotatable bonds is 15. The molecule has 5 saturated heterocycles. The fourth-order valence-corrected chi connectivity index (χ4v) is 18.8. The Morgan fingerprint density at radius 1 is 0.670 bits per heavy atom. The summed E-state index contributed by atoms with van der Waals surface area (Å²) >= 11 is 0. The number of hydrogen-bond acceptors (Lipinski definition) is 19. The Balaban J connectivity index is 0.000000117. The summed E-state index contributed by atoms with van der Waals surface area (Å²) in [5.41, 5.74) is 6.10. The number of aryl methyl sites for hydroxylation is 1. The second-order valence-electron chi connectivity index (χ2n) is 28.2. The molecule has 0 saturated carbocycles. The van der Waals surface area contributed by atoms with Gasteiger partial charge in [0.05, 0.1) is 45.1 Å². The summed E-state index contributed by atoms with van der Waals surface area (Å²) in [4.78, 5) is 61.0. The molecule has 0 unspecified atom stereocenters. The summed E-state index contributed by atoms with van der Waals surface area (Å²) in [6, 6.07) is 28.7. The predicted molar refractivity (Wildman–Crippen MR) is 364 cm³/mol. The Hall–Kier alpha value is -7.44. The molecule has 1 aromatic heterocycles. The molecule has 14 atom stereocenters. The van der Waals surface area contributed by atoms with Gasteiger partial charge in [-0.05, 0) is 157 Å². The zero-order chi connectivity index (χ0) is 68.1. The highest BCUT2D eigenvalue weighted by atomic mass is 16.6. The van der Waals surface area contributed by atoms with E-state index in [0.717, 1.165) is 113 Å². The number of benzene rings is 4. The molecule has 1 amide bonds. The molecule has 16 rings (SSSR count). The maximum absolute atomic E-state index is 13.0. The molecule has 6 bridgehead atoms. The van der Waals surface area contributed by atoms with Gasteiger partial charge < -0.3 is 63.0 Å². The third kappa shape index (κ3) is 11.9. The highest BCUT2D eigenvalue weighted by Crippen LogP contribution is 2.64. The number of anilines is 1. The van der Waals surface area contributed by atoms with E-state index in [4.69, 9.17) is 33.2 Å². The van der Waals surface area contributed by atoms with E-state index in [2.05, 4.69) is 68.4 Å². The third-order valence-electron chi connectivity index (χ3n) is 23.6. The number of carbonyl (C=O) groups excluding carboxylic acids is 3. The average molecular weight is 1330 g/mol. The van der Waals surface area contributed by atoms with Crippen LogP contribution in [0.2, 0.25) is 0 Å². The smallest absolute Gasteiger partial charge is 0.363 e. The average Bonchev–Trinajstić information content (AvgIpc) is 1.52. The van der Waals surface area contributed by atoms with Crippen molar-refractivity contribution in [1.29, 1.82) is 0 Å². The lowest BCUT2D eigenvalue weighted by molar-refractivity contribution is -0.156. The van der Waals surface area contributed by atoms with Crippen molar-refractivity contribution in [2.75, 3.05) is 93.3 Å².